The van der Waals surface area contributed by atoms with Gasteiger partial charge < -0.3 is 10.6 Å². The third-order valence-electron chi connectivity index (χ3n) is 3.18. The lowest BCUT2D eigenvalue weighted by Crippen LogP contribution is -2.26. The van der Waals surface area contributed by atoms with Crippen molar-refractivity contribution >= 4 is 39.7 Å². The van der Waals surface area contributed by atoms with Crippen molar-refractivity contribution in [1.29, 1.82) is 0 Å². The number of anilines is 2. The number of hydrogen-bond donors (Lipinski definition) is 1. The molecule has 0 unspecified atom stereocenters. The Hall–Kier alpha value is -1.74. The molecule has 0 saturated heterocycles. The summed E-state index contributed by atoms with van der Waals surface area (Å²) < 4.78 is 0. The van der Waals surface area contributed by atoms with E-state index in [1.165, 1.54) is 0 Å². The highest BCUT2D eigenvalue weighted by atomic mass is 35.5. The van der Waals surface area contributed by atoms with E-state index in [4.69, 9.17) is 17.3 Å². The molecule has 86 valence electrons. The summed E-state index contributed by atoms with van der Waals surface area (Å²) in [7, 11) is 0. The van der Waals surface area contributed by atoms with Crippen molar-refractivity contribution in [3.05, 3.63) is 34.9 Å². The predicted octanol–water partition coefficient (Wildman–Crippen LogP) is 3.06. The second kappa shape index (κ2) is 3.37. The molecule has 0 aliphatic carbocycles. The summed E-state index contributed by atoms with van der Waals surface area (Å²) in [5, 5.41) is 2.36. The van der Waals surface area contributed by atoms with Crippen molar-refractivity contribution in [2.45, 2.75) is 6.92 Å². The van der Waals surface area contributed by atoms with Crippen LogP contribution in [0.25, 0.3) is 10.8 Å². The molecule has 0 radical (unpaired) electrons. The zero-order chi connectivity index (χ0) is 12.2. The fourth-order valence-electron chi connectivity index (χ4n) is 2.45. The minimum atomic E-state index is 0.00191. The van der Waals surface area contributed by atoms with Gasteiger partial charge >= 0.3 is 0 Å². The Labute approximate surface area is 104 Å². The molecule has 0 atom stereocenters. The molecule has 1 aliphatic heterocycles. The summed E-state index contributed by atoms with van der Waals surface area (Å²) >= 11 is 6.16. The van der Waals surface area contributed by atoms with Crippen LogP contribution in [0.15, 0.2) is 24.3 Å². The van der Waals surface area contributed by atoms with Gasteiger partial charge in [-0.05, 0) is 19.1 Å². The van der Waals surface area contributed by atoms with Crippen LogP contribution in [0.5, 0.6) is 0 Å². The molecule has 3 nitrogen and oxygen atoms in total. The standard InChI is InChI=1S/C13H11ClN2O/c1-2-16-12-10(15)6-9(14)7-4-3-5-8(11(7)12)13(16)17/h3-6H,2,15H2,1H3. The molecular formula is C13H11ClN2O. The number of halogens is 1. The maximum absolute atomic E-state index is 12.2. The molecule has 2 aromatic rings. The first-order valence-corrected chi connectivity index (χ1v) is 5.85. The minimum absolute atomic E-state index is 0.00191. The number of nitrogens with zero attached hydrogens (tertiary/aromatic N) is 1. The fourth-order valence-corrected chi connectivity index (χ4v) is 2.73. The number of benzene rings is 2. The quantitative estimate of drug-likeness (QED) is 0.786. The van der Waals surface area contributed by atoms with E-state index in [0.717, 1.165) is 16.5 Å². The van der Waals surface area contributed by atoms with Crippen LogP contribution >= 0.6 is 11.6 Å². The van der Waals surface area contributed by atoms with Crippen molar-refractivity contribution in [3.8, 4) is 0 Å². The van der Waals surface area contributed by atoms with Crippen LogP contribution in [0, 0.1) is 0 Å². The van der Waals surface area contributed by atoms with Gasteiger partial charge in [0.1, 0.15) is 0 Å². The van der Waals surface area contributed by atoms with Gasteiger partial charge in [0.05, 0.1) is 16.4 Å². The van der Waals surface area contributed by atoms with E-state index in [2.05, 4.69) is 0 Å². The summed E-state index contributed by atoms with van der Waals surface area (Å²) in [5.41, 5.74) is 8.03. The lowest BCUT2D eigenvalue weighted by molar-refractivity contribution is 0.0994. The molecule has 1 heterocycles. The van der Waals surface area contributed by atoms with Crippen molar-refractivity contribution in [3.63, 3.8) is 0 Å². The second-order valence-electron chi connectivity index (χ2n) is 4.07. The van der Waals surface area contributed by atoms with Gasteiger partial charge in [-0.3, -0.25) is 4.79 Å². The Morgan fingerprint density at radius 2 is 2.18 bits per heavy atom. The second-order valence-corrected chi connectivity index (χ2v) is 4.48. The zero-order valence-electron chi connectivity index (χ0n) is 9.33. The van der Waals surface area contributed by atoms with Crippen molar-refractivity contribution in [2.24, 2.45) is 0 Å². The smallest absolute Gasteiger partial charge is 0.259 e. The van der Waals surface area contributed by atoms with E-state index in [1.807, 2.05) is 25.1 Å². The van der Waals surface area contributed by atoms with Gasteiger partial charge in [0.2, 0.25) is 0 Å². The lowest BCUT2D eigenvalue weighted by atomic mass is 10.0. The molecule has 2 aromatic carbocycles. The maximum atomic E-state index is 12.2. The third-order valence-corrected chi connectivity index (χ3v) is 3.49. The van der Waals surface area contributed by atoms with E-state index in [1.54, 1.807) is 11.0 Å². The zero-order valence-corrected chi connectivity index (χ0v) is 10.1. The highest BCUT2D eigenvalue weighted by molar-refractivity contribution is 6.39. The first-order chi connectivity index (χ1) is 8.15. The SMILES string of the molecule is CCN1C(=O)c2cccc3c(Cl)cc(N)c1c23. The number of hydrogen-bond acceptors (Lipinski definition) is 2. The highest BCUT2D eigenvalue weighted by Gasteiger charge is 2.31. The Balaban J connectivity index is 2.52. The predicted molar refractivity (Wildman–Crippen MR) is 70.7 cm³/mol. The molecule has 17 heavy (non-hydrogen) atoms. The Kier molecular flexibility index (Phi) is 2.07. The molecule has 0 aromatic heterocycles. The van der Waals surface area contributed by atoms with Gasteiger partial charge in [0.25, 0.3) is 5.91 Å². The van der Waals surface area contributed by atoms with Crippen LogP contribution in [-0.2, 0) is 0 Å². The molecule has 1 amide bonds. The number of nitrogen functional groups attached to an aromatic ring is 1. The lowest BCUT2D eigenvalue weighted by Gasteiger charge is -2.17. The molecule has 4 heteroatoms. The number of rotatable bonds is 1. The van der Waals surface area contributed by atoms with Gasteiger partial charge in [-0.1, -0.05) is 23.7 Å². The van der Waals surface area contributed by atoms with E-state index in [-0.39, 0.29) is 5.91 Å². The van der Waals surface area contributed by atoms with Gasteiger partial charge in [-0.25, -0.2) is 0 Å². The average Bonchev–Trinajstić information content (AvgIpc) is 2.61. The van der Waals surface area contributed by atoms with Crippen molar-refractivity contribution in [2.75, 3.05) is 17.2 Å². The molecule has 0 saturated carbocycles. The topological polar surface area (TPSA) is 46.3 Å². The largest absolute Gasteiger partial charge is 0.397 e. The molecule has 0 bridgehead atoms. The van der Waals surface area contributed by atoms with Crippen LogP contribution in [0.3, 0.4) is 0 Å². The van der Waals surface area contributed by atoms with Crippen LogP contribution in [0.1, 0.15) is 17.3 Å². The van der Waals surface area contributed by atoms with Crippen LogP contribution < -0.4 is 10.6 Å². The maximum Gasteiger partial charge on any atom is 0.259 e. The van der Waals surface area contributed by atoms with Crippen molar-refractivity contribution < 1.29 is 4.79 Å². The number of nitrogens with two attached hydrogens (primary N) is 1. The van der Waals surface area contributed by atoms with E-state index in [9.17, 15) is 4.79 Å². The number of carbonyl (C=O) groups is 1. The van der Waals surface area contributed by atoms with Crippen LogP contribution in [0.2, 0.25) is 5.02 Å². The Bertz CT molecular complexity index is 651. The normalized spacial score (nSPS) is 13.8. The average molecular weight is 247 g/mol. The number of carbonyl (C=O) groups excluding carboxylic acids is 1. The third kappa shape index (κ3) is 1.20. The summed E-state index contributed by atoms with van der Waals surface area (Å²) in [6.07, 6.45) is 0. The summed E-state index contributed by atoms with van der Waals surface area (Å²) in [5.74, 6) is 0.00191. The molecule has 0 fully saturated rings. The van der Waals surface area contributed by atoms with Gasteiger partial charge in [-0.15, -0.1) is 0 Å². The van der Waals surface area contributed by atoms with E-state index >= 15 is 0 Å². The molecule has 0 spiro atoms. The molecule has 3 rings (SSSR count). The number of amides is 1. The first kappa shape index (κ1) is 10.4. The first-order valence-electron chi connectivity index (χ1n) is 5.47. The highest BCUT2D eigenvalue weighted by Crippen LogP contribution is 2.44. The van der Waals surface area contributed by atoms with Crippen LogP contribution in [0.4, 0.5) is 11.4 Å². The molecule has 2 N–H and O–H groups in total. The minimum Gasteiger partial charge on any atom is -0.397 e. The van der Waals surface area contributed by atoms with Crippen LogP contribution in [-0.4, -0.2) is 12.5 Å². The summed E-state index contributed by atoms with van der Waals surface area (Å²) in [4.78, 5) is 13.9. The molecular weight excluding hydrogens is 236 g/mol. The summed E-state index contributed by atoms with van der Waals surface area (Å²) in [6, 6.07) is 7.29. The van der Waals surface area contributed by atoms with Gasteiger partial charge in [0.15, 0.2) is 0 Å². The van der Waals surface area contributed by atoms with E-state index in [0.29, 0.717) is 22.8 Å². The van der Waals surface area contributed by atoms with E-state index < -0.39 is 0 Å². The Morgan fingerprint density at radius 1 is 1.41 bits per heavy atom. The Morgan fingerprint density at radius 3 is 2.88 bits per heavy atom. The molecule has 1 aliphatic rings. The fraction of sp³-hybridized carbons (Fsp3) is 0.154. The van der Waals surface area contributed by atoms with Crippen molar-refractivity contribution in [1.82, 2.24) is 0 Å². The monoisotopic (exact) mass is 246 g/mol. The van der Waals surface area contributed by atoms with Gasteiger partial charge in [-0.2, -0.15) is 0 Å². The summed E-state index contributed by atoms with van der Waals surface area (Å²) in [6.45, 7) is 2.54. The van der Waals surface area contributed by atoms with Gasteiger partial charge in [0, 0.05) is 22.9 Å².